The number of hydrogen-bond donors (Lipinski definition) is 5. The van der Waals surface area contributed by atoms with Gasteiger partial charge in [-0.3, -0.25) is 10.9 Å². The van der Waals surface area contributed by atoms with Crippen molar-refractivity contribution in [2.24, 2.45) is 0 Å². The Morgan fingerprint density at radius 1 is 1.03 bits per heavy atom. The van der Waals surface area contributed by atoms with Gasteiger partial charge in [-0.25, -0.2) is 18.2 Å². The Morgan fingerprint density at radius 3 is 2.51 bits per heavy atom. The number of imidazole rings is 1. The minimum atomic E-state index is -1.02. The molecule has 35 heavy (non-hydrogen) atoms. The van der Waals surface area contributed by atoms with Crippen molar-refractivity contribution in [3.8, 4) is 16.9 Å². The molecule has 180 valence electrons. The number of phenols is 1. The number of phenolic OH excluding ortho intramolecular Hbond substituents is 1. The minimum Gasteiger partial charge on any atom is -0.506 e. The lowest BCUT2D eigenvalue weighted by molar-refractivity contribution is 0.477. The number of para-hydroxylation sites is 2. The first-order chi connectivity index (χ1) is 16.9. The summed E-state index contributed by atoms with van der Waals surface area (Å²) in [7, 11) is 0. The number of allylic oxidation sites excluding steroid dienone is 1. The van der Waals surface area contributed by atoms with Crippen LogP contribution in [-0.4, -0.2) is 15.1 Å². The molecular weight excluding hydrogens is 455 g/mol. The van der Waals surface area contributed by atoms with Crippen LogP contribution < -0.4 is 16.6 Å². The molecule has 0 amide bonds. The number of nitrogens with two attached hydrogens (primary N) is 1. The molecule has 9 heteroatoms. The fourth-order valence-corrected chi connectivity index (χ4v) is 3.67. The number of nitrogens with zero attached hydrogens (tertiary/aromatic N) is 1. The van der Waals surface area contributed by atoms with E-state index in [1.807, 2.05) is 13.0 Å². The van der Waals surface area contributed by atoms with Crippen molar-refractivity contribution in [2.45, 2.75) is 19.8 Å². The number of unbranched alkanes of at least 4 members (excludes halogenated alkanes) is 1. The van der Waals surface area contributed by atoms with Crippen LogP contribution in [0.25, 0.3) is 16.7 Å². The van der Waals surface area contributed by atoms with Crippen molar-refractivity contribution in [2.75, 3.05) is 16.6 Å². The highest BCUT2D eigenvalue weighted by Crippen LogP contribution is 2.38. The summed E-state index contributed by atoms with van der Waals surface area (Å²) in [5.74, 6) is -2.47. The van der Waals surface area contributed by atoms with Crippen LogP contribution in [0.3, 0.4) is 0 Å². The molecule has 0 fully saturated rings. The van der Waals surface area contributed by atoms with Gasteiger partial charge in [-0.05, 0) is 30.7 Å². The summed E-state index contributed by atoms with van der Waals surface area (Å²) in [6, 6.07) is 11.3. The second-order valence-electron chi connectivity index (χ2n) is 7.78. The summed E-state index contributed by atoms with van der Waals surface area (Å²) < 4.78 is 45.6. The average Bonchev–Trinajstić information content (AvgIpc) is 3.38. The zero-order chi connectivity index (χ0) is 24.9. The normalized spacial score (nSPS) is 11.5. The van der Waals surface area contributed by atoms with E-state index >= 15 is 8.78 Å². The van der Waals surface area contributed by atoms with Gasteiger partial charge in [0.1, 0.15) is 17.4 Å². The average molecular weight is 480 g/mol. The van der Waals surface area contributed by atoms with E-state index in [0.29, 0.717) is 23.4 Å². The second-order valence-corrected chi connectivity index (χ2v) is 7.78. The van der Waals surface area contributed by atoms with E-state index in [0.717, 1.165) is 12.5 Å². The Bertz CT molecular complexity index is 1370. The van der Waals surface area contributed by atoms with Crippen LogP contribution in [0.15, 0.2) is 67.0 Å². The lowest BCUT2D eigenvalue weighted by Gasteiger charge is -2.16. The molecule has 4 aromatic rings. The largest absolute Gasteiger partial charge is 0.506 e. The van der Waals surface area contributed by atoms with Crippen LogP contribution >= 0.6 is 0 Å². The number of hydrazine groups is 1. The first-order valence-electron chi connectivity index (χ1n) is 11.0. The molecule has 1 heterocycles. The fourth-order valence-electron chi connectivity index (χ4n) is 3.67. The third kappa shape index (κ3) is 4.79. The van der Waals surface area contributed by atoms with Crippen molar-refractivity contribution in [1.82, 2.24) is 9.97 Å². The molecule has 1 aromatic heterocycles. The number of halogens is 3. The van der Waals surface area contributed by atoms with Gasteiger partial charge in [0.25, 0.3) is 0 Å². The first kappa shape index (κ1) is 23.7. The van der Waals surface area contributed by atoms with Crippen LogP contribution in [0, 0.1) is 17.5 Å². The van der Waals surface area contributed by atoms with Gasteiger partial charge in [0, 0.05) is 29.1 Å². The predicted molar refractivity (Wildman–Crippen MR) is 132 cm³/mol. The van der Waals surface area contributed by atoms with Crippen molar-refractivity contribution >= 4 is 22.6 Å². The Balaban J connectivity index is 1.73. The van der Waals surface area contributed by atoms with Gasteiger partial charge in [0.15, 0.2) is 11.6 Å². The van der Waals surface area contributed by atoms with Crippen LogP contribution in [-0.2, 0) is 0 Å². The minimum absolute atomic E-state index is 0.0689. The highest BCUT2D eigenvalue weighted by Gasteiger charge is 2.23. The summed E-state index contributed by atoms with van der Waals surface area (Å²) in [6.45, 7) is 2.00. The number of hydrogen-bond acceptors (Lipinski definition) is 5. The Kier molecular flexibility index (Phi) is 6.96. The number of H-pyrrole nitrogens is 1. The Morgan fingerprint density at radius 2 is 1.80 bits per heavy atom. The number of nitrogen functional groups attached to an aromatic ring is 1. The zero-order valence-electron chi connectivity index (χ0n) is 18.9. The van der Waals surface area contributed by atoms with E-state index in [2.05, 4.69) is 20.8 Å². The molecule has 0 bridgehead atoms. The van der Waals surface area contributed by atoms with E-state index in [9.17, 15) is 9.50 Å². The lowest BCUT2D eigenvalue weighted by Crippen LogP contribution is -2.11. The number of anilines is 3. The summed E-state index contributed by atoms with van der Waals surface area (Å²) >= 11 is 0. The number of rotatable bonds is 8. The van der Waals surface area contributed by atoms with Crippen LogP contribution in [0.2, 0.25) is 0 Å². The van der Waals surface area contributed by atoms with Crippen molar-refractivity contribution in [1.29, 1.82) is 0 Å². The van der Waals surface area contributed by atoms with Gasteiger partial charge in [0.2, 0.25) is 0 Å². The Hall–Kier alpha value is -4.40. The molecule has 0 aliphatic carbocycles. The summed E-state index contributed by atoms with van der Waals surface area (Å²) in [5, 5.41) is 9.86. The number of aromatic nitrogens is 2. The summed E-state index contributed by atoms with van der Waals surface area (Å²) in [6.07, 6.45) is 6.67. The molecule has 0 unspecified atom stereocenters. The van der Waals surface area contributed by atoms with Gasteiger partial charge >= 0.3 is 0 Å². The number of nitrogens with one attached hydrogen (secondary N) is 3. The lowest BCUT2D eigenvalue weighted by atomic mass is 9.95. The maximum atomic E-state index is 15.5. The van der Waals surface area contributed by atoms with Crippen LogP contribution in [0.4, 0.5) is 30.2 Å². The monoisotopic (exact) mass is 479 g/mol. The van der Waals surface area contributed by atoms with Crippen molar-refractivity contribution in [3.05, 3.63) is 95.8 Å². The van der Waals surface area contributed by atoms with Crippen molar-refractivity contribution in [3.63, 3.8) is 0 Å². The van der Waals surface area contributed by atoms with E-state index in [4.69, 9.17) is 5.73 Å². The molecular formula is C26H24F3N5O. The maximum absolute atomic E-state index is 15.5. The molecule has 3 aromatic carbocycles. The molecule has 0 saturated carbocycles. The number of aromatic hydroxyl groups is 1. The first-order valence-corrected chi connectivity index (χ1v) is 11.0. The van der Waals surface area contributed by atoms with E-state index in [-0.39, 0.29) is 28.4 Å². The predicted octanol–water partition coefficient (Wildman–Crippen LogP) is 6.45. The molecule has 0 aliphatic rings. The number of aromatic amines is 1. The van der Waals surface area contributed by atoms with Gasteiger partial charge in [-0.1, -0.05) is 43.7 Å². The molecule has 0 aliphatic heterocycles. The fraction of sp³-hybridized carbons (Fsp3) is 0.115. The van der Waals surface area contributed by atoms with E-state index in [1.54, 1.807) is 30.6 Å². The highest BCUT2D eigenvalue weighted by atomic mass is 19.1. The standard InChI is InChI=1S/C26H24F3N5O/c1-2-3-6-16(26-31-13-14-32-26)15-9-10-17(23(28)25(15)30)22-18(27)11-12-20(24(22)29)34-33-19-7-4-5-8-21(19)35/h4-14,33-35H,2-3,30H2,1H3,(H,31,32)/b16-6+. The van der Waals surface area contributed by atoms with Gasteiger partial charge in [-0.2, -0.15) is 0 Å². The number of benzene rings is 3. The summed E-state index contributed by atoms with van der Waals surface area (Å²) in [4.78, 5) is 7.22. The van der Waals surface area contributed by atoms with Gasteiger partial charge in [-0.15, -0.1) is 0 Å². The zero-order valence-corrected chi connectivity index (χ0v) is 18.9. The summed E-state index contributed by atoms with van der Waals surface area (Å²) in [5.41, 5.74) is 11.3. The maximum Gasteiger partial charge on any atom is 0.158 e. The molecule has 0 saturated heterocycles. The molecule has 0 atom stereocenters. The smallest absolute Gasteiger partial charge is 0.158 e. The SMILES string of the molecule is CCC/C=C(/c1ncc[nH]1)c1ccc(-c2c(F)ccc(NNc3ccccc3O)c2F)c(F)c1N. The third-order valence-corrected chi connectivity index (χ3v) is 5.46. The van der Waals surface area contributed by atoms with Crippen LogP contribution in [0.1, 0.15) is 31.2 Å². The van der Waals surface area contributed by atoms with Crippen molar-refractivity contribution < 1.29 is 18.3 Å². The molecule has 4 rings (SSSR count). The quantitative estimate of drug-likeness (QED) is 0.114. The third-order valence-electron chi connectivity index (χ3n) is 5.46. The molecule has 0 radical (unpaired) electrons. The van der Waals surface area contributed by atoms with Crippen LogP contribution in [0.5, 0.6) is 5.75 Å². The van der Waals surface area contributed by atoms with Gasteiger partial charge < -0.3 is 15.8 Å². The molecule has 0 spiro atoms. The highest BCUT2D eigenvalue weighted by molar-refractivity contribution is 5.86. The van der Waals surface area contributed by atoms with E-state index < -0.39 is 23.0 Å². The molecule has 6 N–H and O–H groups in total. The van der Waals surface area contributed by atoms with E-state index in [1.165, 1.54) is 24.3 Å². The second kappa shape index (κ2) is 10.3. The topological polar surface area (TPSA) is 99.0 Å². The molecule has 6 nitrogen and oxygen atoms in total. The Labute approximate surface area is 200 Å². The van der Waals surface area contributed by atoms with Gasteiger partial charge in [0.05, 0.1) is 22.6 Å².